The van der Waals surface area contributed by atoms with Crippen molar-refractivity contribution in [2.45, 2.75) is 57.8 Å². The molecule has 76 heavy (non-hydrogen) atoms. The SMILES string of the molecule is CC1(C)c2cc(N(c3ccc4c(c3)C(C)(C)c3c5c(c6oc7ccccc7c6c3-4)-c3ccccc3C5(C)C)c3cccc4ccccc34)ccc2-c2c1cc(-c1ccc(-c3ccccc3)cc1)c1oc3ccccc3c21. The Labute approximate surface area is 442 Å². The molecule has 0 bridgehead atoms. The van der Waals surface area contributed by atoms with Crippen LogP contribution in [0.25, 0.3) is 110 Å². The van der Waals surface area contributed by atoms with Crippen molar-refractivity contribution in [2.24, 2.45) is 0 Å². The Bertz CT molecular complexity index is 4650. The first-order chi connectivity index (χ1) is 37.0. The monoisotopic (exact) mass is 975 g/mol. The van der Waals surface area contributed by atoms with Gasteiger partial charge in [0.15, 0.2) is 0 Å². The topological polar surface area (TPSA) is 29.5 Å². The zero-order valence-corrected chi connectivity index (χ0v) is 43.5. The Hall–Kier alpha value is -8.92. The van der Waals surface area contributed by atoms with Crippen LogP contribution in [0, 0.1) is 0 Å². The van der Waals surface area contributed by atoms with Gasteiger partial charge in [-0.15, -0.1) is 0 Å². The minimum Gasteiger partial charge on any atom is -0.455 e. The van der Waals surface area contributed by atoms with E-state index in [0.29, 0.717) is 0 Å². The van der Waals surface area contributed by atoms with E-state index in [9.17, 15) is 0 Å². The highest BCUT2D eigenvalue weighted by Gasteiger charge is 2.49. The first-order valence-corrected chi connectivity index (χ1v) is 26.8. The van der Waals surface area contributed by atoms with E-state index in [1.165, 1.54) is 105 Å². The van der Waals surface area contributed by atoms with Gasteiger partial charge in [0.25, 0.3) is 0 Å². The van der Waals surface area contributed by atoms with Crippen LogP contribution in [0.1, 0.15) is 74.9 Å². The Kier molecular flexibility index (Phi) is 8.65. The molecule has 0 atom stereocenters. The fourth-order valence-corrected chi connectivity index (χ4v) is 14.4. The van der Waals surface area contributed by atoms with Crippen molar-refractivity contribution in [3.63, 3.8) is 0 Å². The lowest BCUT2D eigenvalue weighted by Gasteiger charge is -2.32. The van der Waals surface area contributed by atoms with E-state index < -0.39 is 0 Å². The molecule has 0 N–H and O–H groups in total. The number of nitrogens with zero attached hydrogens (tertiary/aromatic N) is 1. The molecule has 362 valence electrons. The summed E-state index contributed by atoms with van der Waals surface area (Å²) in [7, 11) is 0. The molecule has 0 unspecified atom stereocenters. The number of fused-ring (bicyclic) bond motifs is 20. The normalized spacial score (nSPS) is 15.0. The van der Waals surface area contributed by atoms with Gasteiger partial charge in [-0.3, -0.25) is 0 Å². The van der Waals surface area contributed by atoms with E-state index in [0.717, 1.165) is 55.9 Å². The maximum Gasteiger partial charge on any atom is 0.144 e. The van der Waals surface area contributed by atoms with Crippen LogP contribution >= 0.6 is 0 Å². The van der Waals surface area contributed by atoms with E-state index >= 15 is 0 Å². The molecule has 16 rings (SSSR count). The molecular weight excluding hydrogens is 923 g/mol. The van der Waals surface area contributed by atoms with Gasteiger partial charge in [0, 0.05) is 65.7 Å². The number of rotatable bonds is 5. The van der Waals surface area contributed by atoms with Gasteiger partial charge in [-0.05, 0) is 132 Å². The maximum absolute atomic E-state index is 7.02. The van der Waals surface area contributed by atoms with Crippen LogP contribution in [0.2, 0.25) is 0 Å². The molecule has 3 aliphatic carbocycles. The number of furan rings is 2. The van der Waals surface area contributed by atoms with Gasteiger partial charge >= 0.3 is 0 Å². The van der Waals surface area contributed by atoms with Crippen LogP contribution in [-0.4, -0.2) is 0 Å². The van der Waals surface area contributed by atoms with Crippen LogP contribution in [0.4, 0.5) is 17.1 Å². The van der Waals surface area contributed by atoms with Gasteiger partial charge in [-0.2, -0.15) is 0 Å². The van der Waals surface area contributed by atoms with Crippen LogP contribution in [0.15, 0.2) is 221 Å². The predicted molar refractivity (Wildman–Crippen MR) is 317 cm³/mol. The average molecular weight is 976 g/mol. The summed E-state index contributed by atoms with van der Waals surface area (Å²) < 4.78 is 14.0. The summed E-state index contributed by atoms with van der Waals surface area (Å²) in [5.41, 5.74) is 26.6. The highest BCUT2D eigenvalue weighted by Crippen LogP contribution is 2.64. The van der Waals surface area contributed by atoms with Crippen molar-refractivity contribution >= 4 is 71.7 Å². The second-order valence-corrected chi connectivity index (χ2v) is 23.1. The van der Waals surface area contributed by atoms with Crippen molar-refractivity contribution in [1.29, 1.82) is 0 Å². The zero-order valence-electron chi connectivity index (χ0n) is 43.5. The van der Waals surface area contributed by atoms with Crippen molar-refractivity contribution < 1.29 is 8.83 Å². The average Bonchev–Trinajstić information content (AvgIpc) is 4.40. The van der Waals surface area contributed by atoms with Gasteiger partial charge in [0.05, 0.1) is 5.69 Å². The molecule has 0 spiro atoms. The molecule has 2 aromatic heterocycles. The Balaban J connectivity index is 0.906. The van der Waals surface area contributed by atoms with Crippen molar-refractivity contribution in [3.8, 4) is 55.6 Å². The summed E-state index contributed by atoms with van der Waals surface area (Å²) in [4.78, 5) is 2.52. The minimum absolute atomic E-state index is 0.239. The fourth-order valence-electron chi connectivity index (χ4n) is 14.4. The summed E-state index contributed by atoms with van der Waals surface area (Å²) in [6.45, 7) is 14.6. The second-order valence-electron chi connectivity index (χ2n) is 23.1. The van der Waals surface area contributed by atoms with Crippen molar-refractivity contribution in [1.82, 2.24) is 0 Å². The number of anilines is 3. The van der Waals surface area contributed by atoms with Gasteiger partial charge in [0.1, 0.15) is 22.3 Å². The van der Waals surface area contributed by atoms with Crippen LogP contribution in [0.5, 0.6) is 0 Å². The van der Waals surface area contributed by atoms with E-state index in [1.54, 1.807) is 0 Å². The second kappa shape index (κ2) is 15.1. The molecule has 0 fully saturated rings. The Morgan fingerprint density at radius 1 is 0.329 bits per heavy atom. The molecule has 0 aliphatic heterocycles. The van der Waals surface area contributed by atoms with Gasteiger partial charge in [-0.25, -0.2) is 0 Å². The predicted octanol–water partition coefficient (Wildman–Crippen LogP) is 20.4. The quantitative estimate of drug-likeness (QED) is 0.172. The largest absolute Gasteiger partial charge is 0.455 e. The highest BCUT2D eigenvalue weighted by molar-refractivity contribution is 6.22. The number of benzene rings is 11. The van der Waals surface area contributed by atoms with Crippen LogP contribution in [0.3, 0.4) is 0 Å². The van der Waals surface area contributed by atoms with E-state index in [-0.39, 0.29) is 16.2 Å². The third-order valence-electron chi connectivity index (χ3n) is 18.0. The van der Waals surface area contributed by atoms with Gasteiger partial charge < -0.3 is 13.7 Å². The minimum atomic E-state index is -0.346. The van der Waals surface area contributed by atoms with Gasteiger partial charge in [-0.1, -0.05) is 205 Å². The summed E-state index contributed by atoms with van der Waals surface area (Å²) in [5.74, 6) is 0. The molecule has 0 radical (unpaired) electrons. The standard InChI is InChI=1S/C73H53NO2/c1-71(2)56-39-46(35-37-50(56)62-58(71)41-54(69-64(62)52-25-13-16-29-60(52)75-69)45-33-31-43(32-34-45)42-19-8-7-9-20-42)74(59-28-18-22-44-21-10-11-23-48(44)59)47-36-38-51-57(40-47)73(5,6)67-63(51)65-53-26-14-17-30-61(53)76-70(65)66-49-24-12-15-27-55(49)72(3,4)68(66)67/h7-41H,1-6H3. The summed E-state index contributed by atoms with van der Waals surface area (Å²) in [6, 6.07) is 78.3. The molecule has 13 aromatic rings. The maximum atomic E-state index is 7.02. The van der Waals surface area contributed by atoms with Crippen molar-refractivity contribution in [3.05, 3.63) is 246 Å². The molecule has 0 saturated carbocycles. The summed E-state index contributed by atoms with van der Waals surface area (Å²) in [6.07, 6.45) is 0. The Morgan fingerprint density at radius 2 is 0.842 bits per heavy atom. The number of hydrogen-bond donors (Lipinski definition) is 0. The zero-order chi connectivity index (χ0) is 51.0. The smallest absolute Gasteiger partial charge is 0.144 e. The molecule has 3 heteroatoms. The lowest BCUT2D eigenvalue weighted by Crippen LogP contribution is -2.24. The van der Waals surface area contributed by atoms with Crippen LogP contribution in [-0.2, 0) is 16.2 Å². The molecule has 3 nitrogen and oxygen atoms in total. The first-order valence-electron chi connectivity index (χ1n) is 26.8. The Morgan fingerprint density at radius 3 is 1.57 bits per heavy atom. The molecular formula is C73H53NO2. The fraction of sp³-hybridized carbons (Fsp3) is 0.123. The van der Waals surface area contributed by atoms with E-state index in [2.05, 4.69) is 259 Å². The first kappa shape index (κ1) is 43.5. The van der Waals surface area contributed by atoms with Crippen LogP contribution < -0.4 is 4.90 Å². The summed E-state index contributed by atoms with van der Waals surface area (Å²) >= 11 is 0. The summed E-state index contributed by atoms with van der Waals surface area (Å²) in [5, 5.41) is 7.11. The van der Waals surface area contributed by atoms with E-state index in [1.807, 2.05) is 0 Å². The lowest BCUT2D eigenvalue weighted by atomic mass is 9.72. The molecule has 2 heterocycles. The third-order valence-corrected chi connectivity index (χ3v) is 18.0. The van der Waals surface area contributed by atoms with E-state index in [4.69, 9.17) is 8.83 Å². The highest BCUT2D eigenvalue weighted by atomic mass is 16.3. The van der Waals surface area contributed by atoms with Gasteiger partial charge in [0.2, 0.25) is 0 Å². The molecule has 11 aromatic carbocycles. The van der Waals surface area contributed by atoms with Crippen molar-refractivity contribution in [2.75, 3.05) is 4.90 Å². The number of para-hydroxylation sites is 2. The third kappa shape index (κ3) is 5.67. The molecule has 3 aliphatic rings. The number of hydrogen-bond acceptors (Lipinski definition) is 3. The molecule has 0 amide bonds. The molecule has 0 saturated heterocycles. The lowest BCUT2D eigenvalue weighted by molar-refractivity contribution is 0.600.